The second-order valence-corrected chi connectivity index (χ2v) is 6.46. The van der Waals surface area contributed by atoms with Gasteiger partial charge in [0.15, 0.2) is 0 Å². The van der Waals surface area contributed by atoms with E-state index < -0.39 is 0 Å². The molecule has 1 N–H and O–H groups in total. The summed E-state index contributed by atoms with van der Waals surface area (Å²) in [6.07, 6.45) is 0. The number of carbonyl (C=O) groups excluding carboxylic acids is 2. The van der Waals surface area contributed by atoms with E-state index in [1.165, 1.54) is 26.0 Å². The maximum atomic E-state index is 12.3. The number of rotatable bonds is 7. The Kier molecular flexibility index (Phi) is 7.16. The standard InChI is InChI=1S/C18H18ClNO4S/c1-23-16-8-5-13(9-15(16)19)18(22)20-14-6-3-12(4-7-14)10-25-11-17(21)24-2/h3-9H,10-11H2,1-2H3,(H,20,22). The smallest absolute Gasteiger partial charge is 0.315 e. The fourth-order valence-electron chi connectivity index (χ4n) is 2.01. The summed E-state index contributed by atoms with van der Waals surface area (Å²) in [5.74, 6) is 1.03. The number of halogens is 1. The van der Waals surface area contributed by atoms with Gasteiger partial charge in [-0.05, 0) is 35.9 Å². The Morgan fingerprint density at radius 2 is 1.84 bits per heavy atom. The minimum Gasteiger partial charge on any atom is -0.495 e. The van der Waals surface area contributed by atoms with Crippen LogP contribution in [-0.4, -0.2) is 31.8 Å². The number of ether oxygens (including phenoxy) is 2. The fourth-order valence-corrected chi connectivity index (χ4v) is 3.08. The van der Waals surface area contributed by atoms with Crippen molar-refractivity contribution in [1.29, 1.82) is 0 Å². The molecule has 0 bridgehead atoms. The molecule has 0 aliphatic carbocycles. The third-order valence-electron chi connectivity index (χ3n) is 3.34. The van der Waals surface area contributed by atoms with Gasteiger partial charge in [-0.25, -0.2) is 0 Å². The minimum absolute atomic E-state index is 0.243. The van der Waals surface area contributed by atoms with Gasteiger partial charge in [-0.1, -0.05) is 23.7 Å². The van der Waals surface area contributed by atoms with Crippen molar-refractivity contribution in [3.05, 3.63) is 58.6 Å². The van der Waals surface area contributed by atoms with Gasteiger partial charge in [0.2, 0.25) is 0 Å². The number of carbonyl (C=O) groups is 2. The Hall–Kier alpha value is -2.18. The van der Waals surface area contributed by atoms with Crippen LogP contribution in [0.5, 0.6) is 5.75 Å². The van der Waals surface area contributed by atoms with Gasteiger partial charge in [-0.2, -0.15) is 0 Å². The van der Waals surface area contributed by atoms with Gasteiger partial charge in [-0.3, -0.25) is 9.59 Å². The van der Waals surface area contributed by atoms with Crippen LogP contribution < -0.4 is 10.1 Å². The summed E-state index contributed by atoms with van der Waals surface area (Å²) in [5.41, 5.74) is 2.18. The number of esters is 1. The van der Waals surface area contributed by atoms with Gasteiger partial charge in [0.05, 0.1) is 25.0 Å². The third kappa shape index (κ3) is 5.69. The first-order valence-electron chi connectivity index (χ1n) is 7.42. The summed E-state index contributed by atoms with van der Waals surface area (Å²) in [6, 6.07) is 12.3. The highest BCUT2D eigenvalue weighted by Gasteiger charge is 2.09. The molecule has 0 aliphatic heterocycles. The van der Waals surface area contributed by atoms with E-state index in [1.807, 2.05) is 24.3 Å². The van der Waals surface area contributed by atoms with Crippen molar-refractivity contribution >= 4 is 40.9 Å². The van der Waals surface area contributed by atoms with Crippen LogP contribution >= 0.6 is 23.4 Å². The summed E-state index contributed by atoms with van der Waals surface area (Å²) in [7, 11) is 2.89. The zero-order valence-electron chi connectivity index (χ0n) is 13.9. The van der Waals surface area contributed by atoms with Gasteiger partial charge < -0.3 is 14.8 Å². The molecule has 1 amide bonds. The molecule has 132 valence electrons. The molecule has 0 aliphatic rings. The Balaban J connectivity index is 1.93. The van der Waals surface area contributed by atoms with Crippen LogP contribution in [0.25, 0.3) is 0 Å². The molecule has 0 saturated heterocycles. The molecule has 0 fully saturated rings. The summed E-state index contributed by atoms with van der Waals surface area (Å²) in [4.78, 5) is 23.3. The topological polar surface area (TPSA) is 64.6 Å². The lowest BCUT2D eigenvalue weighted by atomic mass is 10.2. The van der Waals surface area contributed by atoms with Crippen molar-refractivity contribution in [2.24, 2.45) is 0 Å². The summed E-state index contributed by atoms with van der Waals surface area (Å²) in [6.45, 7) is 0. The molecular weight excluding hydrogens is 362 g/mol. The first-order valence-corrected chi connectivity index (χ1v) is 8.95. The number of methoxy groups -OCH3 is 2. The predicted octanol–water partition coefficient (Wildman–Crippen LogP) is 4.01. The minimum atomic E-state index is -0.252. The summed E-state index contributed by atoms with van der Waals surface area (Å²) < 4.78 is 9.66. The van der Waals surface area contributed by atoms with E-state index in [1.54, 1.807) is 18.2 Å². The quantitative estimate of drug-likeness (QED) is 0.736. The fraction of sp³-hybridized carbons (Fsp3) is 0.222. The predicted molar refractivity (Wildman–Crippen MR) is 101 cm³/mol. The first kappa shape index (κ1) is 19.1. The number of nitrogens with one attached hydrogen (secondary N) is 1. The number of anilines is 1. The number of hydrogen-bond donors (Lipinski definition) is 1. The van der Waals surface area contributed by atoms with Crippen molar-refractivity contribution in [2.45, 2.75) is 5.75 Å². The monoisotopic (exact) mass is 379 g/mol. The molecule has 0 aromatic heterocycles. The molecule has 0 heterocycles. The highest BCUT2D eigenvalue weighted by Crippen LogP contribution is 2.25. The van der Waals surface area contributed by atoms with Gasteiger partial charge in [0.25, 0.3) is 5.91 Å². The first-order chi connectivity index (χ1) is 12.0. The molecule has 0 atom stereocenters. The zero-order chi connectivity index (χ0) is 18.2. The average Bonchev–Trinajstić information content (AvgIpc) is 2.62. The Bertz CT molecular complexity index is 749. The Morgan fingerprint density at radius 3 is 2.44 bits per heavy atom. The van der Waals surface area contributed by atoms with E-state index >= 15 is 0 Å². The highest BCUT2D eigenvalue weighted by molar-refractivity contribution is 7.99. The van der Waals surface area contributed by atoms with Gasteiger partial charge in [-0.15, -0.1) is 11.8 Å². The molecular formula is C18H18ClNO4S. The molecule has 0 spiro atoms. The molecule has 0 unspecified atom stereocenters. The number of thioether (sulfide) groups is 1. The SMILES string of the molecule is COC(=O)CSCc1ccc(NC(=O)c2ccc(OC)c(Cl)c2)cc1. The van der Waals surface area contributed by atoms with Crippen LogP contribution in [-0.2, 0) is 15.3 Å². The van der Waals surface area contributed by atoms with Crippen molar-refractivity contribution in [2.75, 3.05) is 25.3 Å². The molecule has 7 heteroatoms. The van der Waals surface area contributed by atoms with Crippen LogP contribution in [0.4, 0.5) is 5.69 Å². The average molecular weight is 380 g/mol. The lowest BCUT2D eigenvalue weighted by Gasteiger charge is -2.08. The molecule has 2 aromatic carbocycles. The summed E-state index contributed by atoms with van der Waals surface area (Å²) in [5, 5.41) is 3.20. The molecule has 25 heavy (non-hydrogen) atoms. The van der Waals surface area contributed by atoms with Gasteiger partial charge in [0.1, 0.15) is 5.75 Å². The van der Waals surface area contributed by atoms with Crippen molar-refractivity contribution < 1.29 is 19.1 Å². The van der Waals surface area contributed by atoms with E-state index in [4.69, 9.17) is 16.3 Å². The van der Waals surface area contributed by atoms with Gasteiger partial charge >= 0.3 is 5.97 Å². The second-order valence-electron chi connectivity index (χ2n) is 5.07. The van der Waals surface area contributed by atoms with Crippen molar-refractivity contribution in [3.8, 4) is 5.75 Å². The lowest BCUT2D eigenvalue weighted by Crippen LogP contribution is -2.11. The van der Waals surface area contributed by atoms with Gasteiger partial charge in [0, 0.05) is 17.0 Å². The Labute approximate surface area is 155 Å². The van der Waals surface area contributed by atoms with E-state index in [9.17, 15) is 9.59 Å². The van der Waals surface area contributed by atoms with Crippen molar-refractivity contribution in [1.82, 2.24) is 0 Å². The third-order valence-corrected chi connectivity index (χ3v) is 4.61. The maximum Gasteiger partial charge on any atom is 0.315 e. The van der Waals surface area contributed by atoms with Crippen LogP contribution in [0.3, 0.4) is 0 Å². The molecule has 2 rings (SSSR count). The van der Waals surface area contributed by atoms with E-state index in [2.05, 4.69) is 10.1 Å². The summed E-state index contributed by atoms with van der Waals surface area (Å²) >= 11 is 7.51. The number of benzene rings is 2. The van der Waals surface area contributed by atoms with Crippen LogP contribution in [0, 0.1) is 0 Å². The zero-order valence-corrected chi connectivity index (χ0v) is 15.4. The number of hydrogen-bond acceptors (Lipinski definition) is 5. The molecule has 5 nitrogen and oxygen atoms in total. The largest absolute Gasteiger partial charge is 0.495 e. The van der Waals surface area contributed by atoms with E-state index in [0.717, 1.165) is 5.56 Å². The second kappa shape index (κ2) is 9.34. The van der Waals surface area contributed by atoms with Crippen LogP contribution in [0.1, 0.15) is 15.9 Å². The normalized spacial score (nSPS) is 10.2. The lowest BCUT2D eigenvalue weighted by molar-refractivity contribution is -0.137. The molecule has 2 aromatic rings. The van der Waals surface area contributed by atoms with E-state index in [-0.39, 0.29) is 11.9 Å². The van der Waals surface area contributed by atoms with Crippen molar-refractivity contribution in [3.63, 3.8) is 0 Å². The van der Waals surface area contributed by atoms with E-state index in [0.29, 0.717) is 33.5 Å². The molecule has 0 saturated carbocycles. The highest BCUT2D eigenvalue weighted by atomic mass is 35.5. The number of amides is 1. The van der Waals surface area contributed by atoms with Crippen LogP contribution in [0.2, 0.25) is 5.02 Å². The molecule has 0 radical (unpaired) electrons. The maximum absolute atomic E-state index is 12.3. The van der Waals surface area contributed by atoms with Crippen LogP contribution in [0.15, 0.2) is 42.5 Å². The Morgan fingerprint density at radius 1 is 1.12 bits per heavy atom.